The van der Waals surface area contributed by atoms with Gasteiger partial charge in [0.1, 0.15) is 11.9 Å². The topological polar surface area (TPSA) is 96.9 Å². The number of hydrogen-bond acceptors (Lipinski definition) is 5. The van der Waals surface area contributed by atoms with Crippen molar-refractivity contribution in [1.82, 2.24) is 10.0 Å². The summed E-state index contributed by atoms with van der Waals surface area (Å²) in [6, 6.07) is 5.83. The van der Waals surface area contributed by atoms with Gasteiger partial charge in [-0.1, -0.05) is 31.9 Å². The van der Waals surface area contributed by atoms with Gasteiger partial charge in [0.05, 0.1) is 11.5 Å². The van der Waals surface area contributed by atoms with Gasteiger partial charge in [0.15, 0.2) is 0 Å². The first kappa shape index (κ1) is 19.4. The molecule has 2 N–H and O–H groups in total. The summed E-state index contributed by atoms with van der Waals surface area (Å²) in [6.45, 7) is 4.28. The van der Waals surface area contributed by atoms with Gasteiger partial charge in [-0.25, -0.2) is 8.42 Å². The summed E-state index contributed by atoms with van der Waals surface area (Å²) >= 11 is 0. The maximum atomic E-state index is 12.5. The molecule has 1 aromatic rings. The van der Waals surface area contributed by atoms with Gasteiger partial charge in [0.25, 0.3) is 10.0 Å². The van der Waals surface area contributed by atoms with E-state index in [1.54, 1.807) is 25.3 Å². The zero-order chi connectivity index (χ0) is 18.4. The Morgan fingerprint density at radius 3 is 2.76 bits per heavy atom. The number of ether oxygens (including phenoxy) is 1. The minimum atomic E-state index is -3.61. The van der Waals surface area contributed by atoms with Gasteiger partial charge in [0.2, 0.25) is 5.91 Å². The first-order valence-corrected chi connectivity index (χ1v) is 9.86. The molecule has 25 heavy (non-hydrogen) atoms. The van der Waals surface area contributed by atoms with Crippen molar-refractivity contribution in [2.45, 2.75) is 50.1 Å². The number of sulfonamides is 1. The fourth-order valence-electron chi connectivity index (χ4n) is 2.67. The summed E-state index contributed by atoms with van der Waals surface area (Å²) in [5, 5.41) is 2.86. The van der Waals surface area contributed by atoms with Crippen molar-refractivity contribution in [2.75, 3.05) is 13.7 Å². The normalized spacial score (nSPS) is 19.1. The number of fused-ring (bicyclic) bond motifs is 1. The Kier molecular flexibility index (Phi) is 6.55. The first-order chi connectivity index (χ1) is 11.9. The molecule has 0 saturated heterocycles. The van der Waals surface area contributed by atoms with Crippen molar-refractivity contribution in [2.24, 2.45) is 4.99 Å². The van der Waals surface area contributed by atoms with Crippen LogP contribution in [0.1, 0.15) is 38.7 Å². The molecule has 8 heteroatoms. The highest BCUT2D eigenvalue weighted by Crippen LogP contribution is 2.23. The number of rotatable bonds is 8. The molecule has 7 nitrogen and oxygen atoms in total. The third-order valence-corrected chi connectivity index (χ3v) is 5.28. The predicted octanol–water partition coefficient (Wildman–Crippen LogP) is 1.44. The maximum Gasteiger partial charge on any atom is 0.263 e. The van der Waals surface area contributed by atoms with E-state index in [1.807, 2.05) is 13.8 Å². The van der Waals surface area contributed by atoms with Crippen molar-refractivity contribution in [3.63, 3.8) is 0 Å². The van der Waals surface area contributed by atoms with E-state index in [9.17, 15) is 13.2 Å². The molecule has 1 aromatic carbocycles. The van der Waals surface area contributed by atoms with Crippen LogP contribution in [0.25, 0.3) is 0 Å². The largest absolute Gasteiger partial charge is 0.383 e. The lowest BCUT2D eigenvalue weighted by molar-refractivity contribution is -0.123. The smallest absolute Gasteiger partial charge is 0.263 e. The van der Waals surface area contributed by atoms with E-state index in [4.69, 9.17) is 4.74 Å². The minimum Gasteiger partial charge on any atom is -0.383 e. The Morgan fingerprint density at radius 1 is 1.36 bits per heavy atom. The van der Waals surface area contributed by atoms with Crippen LogP contribution in [-0.4, -0.2) is 46.0 Å². The Morgan fingerprint density at radius 2 is 2.08 bits per heavy atom. The fourth-order valence-corrected chi connectivity index (χ4v) is 3.91. The summed E-state index contributed by atoms with van der Waals surface area (Å²) in [4.78, 5) is 17.2. The number of amidine groups is 1. The molecule has 1 aliphatic rings. The van der Waals surface area contributed by atoms with Crippen molar-refractivity contribution >= 4 is 21.8 Å². The van der Waals surface area contributed by atoms with Crippen molar-refractivity contribution < 1.29 is 17.9 Å². The number of aliphatic imine (C=N–C) groups is 1. The number of methoxy groups -OCH3 is 1. The molecule has 0 unspecified atom stereocenters. The van der Waals surface area contributed by atoms with E-state index in [2.05, 4.69) is 15.0 Å². The van der Waals surface area contributed by atoms with Gasteiger partial charge in [0, 0.05) is 18.7 Å². The molecule has 0 fully saturated rings. The molecule has 1 amide bonds. The zero-order valence-electron chi connectivity index (χ0n) is 14.8. The lowest BCUT2D eigenvalue weighted by atomic mass is 10.1. The van der Waals surface area contributed by atoms with Crippen LogP contribution in [0.5, 0.6) is 0 Å². The second kappa shape index (κ2) is 8.44. The van der Waals surface area contributed by atoms with Crippen LogP contribution in [-0.2, 0) is 19.6 Å². The zero-order valence-corrected chi connectivity index (χ0v) is 15.6. The fraction of sp³-hybridized carbons (Fsp3) is 0.529. The van der Waals surface area contributed by atoms with Crippen LogP contribution in [0, 0.1) is 0 Å². The molecule has 0 saturated carbocycles. The van der Waals surface area contributed by atoms with Gasteiger partial charge in [-0.3, -0.25) is 14.5 Å². The lowest BCUT2D eigenvalue weighted by Gasteiger charge is -2.17. The molecule has 0 bridgehead atoms. The average Bonchev–Trinajstić information content (AvgIpc) is 2.82. The van der Waals surface area contributed by atoms with Crippen LogP contribution in [0.2, 0.25) is 0 Å². The van der Waals surface area contributed by atoms with Crippen LogP contribution in [0.4, 0.5) is 0 Å². The molecular formula is C17H25N3O4S. The minimum absolute atomic E-state index is 0.144. The number of carbonyl (C=O) groups excluding carboxylic acids is 1. The van der Waals surface area contributed by atoms with Gasteiger partial charge in [-0.2, -0.15) is 0 Å². The second-order valence-corrected chi connectivity index (χ2v) is 7.75. The third-order valence-electron chi connectivity index (χ3n) is 3.89. The van der Waals surface area contributed by atoms with E-state index in [-0.39, 0.29) is 22.7 Å². The molecule has 138 valence electrons. The lowest BCUT2D eigenvalue weighted by Crippen LogP contribution is -2.42. The summed E-state index contributed by atoms with van der Waals surface area (Å²) in [6.07, 6.45) is 2.29. The van der Waals surface area contributed by atoms with E-state index in [0.717, 1.165) is 12.8 Å². The molecular weight excluding hydrogens is 342 g/mol. The number of amides is 1. The molecule has 2 atom stereocenters. The number of unbranched alkanes of at least 4 members (excludes halogenated alkanes) is 1. The van der Waals surface area contributed by atoms with Crippen LogP contribution in [0.15, 0.2) is 34.2 Å². The average molecular weight is 367 g/mol. The monoisotopic (exact) mass is 367 g/mol. The van der Waals surface area contributed by atoms with Crippen molar-refractivity contribution in [3.05, 3.63) is 29.8 Å². The Labute approximate surface area is 148 Å². The first-order valence-electron chi connectivity index (χ1n) is 8.38. The highest BCUT2D eigenvalue weighted by Gasteiger charge is 2.31. The maximum absolute atomic E-state index is 12.5. The van der Waals surface area contributed by atoms with Crippen molar-refractivity contribution in [1.29, 1.82) is 0 Å². The summed E-state index contributed by atoms with van der Waals surface area (Å²) in [5.41, 5.74) is 0.502. The Balaban J connectivity index is 2.27. The summed E-state index contributed by atoms with van der Waals surface area (Å²) < 4.78 is 31.8. The highest BCUT2D eigenvalue weighted by atomic mass is 32.2. The highest BCUT2D eigenvalue weighted by molar-refractivity contribution is 7.90. The van der Waals surface area contributed by atoms with E-state index < -0.39 is 16.1 Å². The molecule has 0 radical (unpaired) electrons. The molecule has 0 spiro atoms. The second-order valence-electron chi connectivity index (χ2n) is 6.10. The standard InChI is InChI=1S/C17H25N3O4S/c1-4-5-9-14(17(21)18-12(2)11-24-3)19-16-13-8-6-7-10-15(13)25(22,23)20-16/h6-8,10,12,14H,4-5,9,11H2,1-3H3,(H,18,21)(H,19,20)/t12-,14-/m0/s1. The molecule has 0 aliphatic carbocycles. The number of hydrogen-bond donors (Lipinski definition) is 2. The van der Waals surface area contributed by atoms with Crippen LogP contribution >= 0.6 is 0 Å². The predicted molar refractivity (Wildman–Crippen MR) is 96.1 cm³/mol. The van der Waals surface area contributed by atoms with E-state index in [0.29, 0.717) is 18.6 Å². The van der Waals surface area contributed by atoms with Gasteiger partial charge < -0.3 is 10.1 Å². The van der Waals surface area contributed by atoms with E-state index >= 15 is 0 Å². The van der Waals surface area contributed by atoms with Crippen LogP contribution in [0.3, 0.4) is 0 Å². The summed E-state index contributed by atoms with van der Waals surface area (Å²) in [7, 11) is -2.04. The SMILES string of the molecule is CCCC[C@H](N=C1NS(=O)(=O)c2ccccc21)C(=O)N[C@@H](C)COC. The number of nitrogens with zero attached hydrogens (tertiary/aromatic N) is 1. The Hall–Kier alpha value is -1.93. The van der Waals surface area contributed by atoms with Crippen molar-refractivity contribution in [3.8, 4) is 0 Å². The van der Waals surface area contributed by atoms with Gasteiger partial charge in [-0.15, -0.1) is 0 Å². The number of nitrogens with one attached hydrogen (secondary N) is 2. The number of benzene rings is 1. The van der Waals surface area contributed by atoms with Crippen LogP contribution < -0.4 is 10.0 Å². The molecule has 2 rings (SSSR count). The quantitative estimate of drug-likeness (QED) is 0.726. The van der Waals surface area contributed by atoms with Gasteiger partial charge in [-0.05, 0) is 25.5 Å². The van der Waals surface area contributed by atoms with E-state index in [1.165, 1.54) is 6.07 Å². The number of carbonyl (C=O) groups is 1. The van der Waals surface area contributed by atoms with Gasteiger partial charge >= 0.3 is 0 Å². The Bertz CT molecular complexity index is 746. The molecule has 0 aromatic heterocycles. The molecule has 1 heterocycles. The molecule has 1 aliphatic heterocycles. The third kappa shape index (κ3) is 4.79. The summed E-state index contributed by atoms with van der Waals surface area (Å²) in [5.74, 6) is 0.000303.